The fourth-order valence-electron chi connectivity index (χ4n) is 4.98. The van der Waals surface area contributed by atoms with Crippen LogP contribution >= 0.6 is 0 Å². The van der Waals surface area contributed by atoms with Crippen molar-refractivity contribution in [3.8, 4) is 0 Å². The molecule has 0 aromatic heterocycles. The molecular formula is C26H30FN3O2. The fraction of sp³-hybridized carbons (Fsp3) is 0.385. The van der Waals surface area contributed by atoms with Gasteiger partial charge in [-0.1, -0.05) is 36.8 Å². The normalized spacial score (nSPS) is 21.2. The van der Waals surface area contributed by atoms with Gasteiger partial charge in [-0.05, 0) is 69.4 Å². The van der Waals surface area contributed by atoms with Crippen molar-refractivity contribution in [3.63, 3.8) is 0 Å². The van der Waals surface area contributed by atoms with Crippen LogP contribution in [0.4, 0.5) is 14.9 Å². The Labute approximate surface area is 188 Å². The molecule has 0 bridgehead atoms. The molecule has 6 heteroatoms. The van der Waals surface area contributed by atoms with Gasteiger partial charge in [-0.3, -0.25) is 9.69 Å². The maximum atomic E-state index is 15.1. The number of urea groups is 1. The highest BCUT2D eigenvalue weighted by Crippen LogP contribution is 2.44. The number of nitrogens with zero attached hydrogens (tertiary/aromatic N) is 2. The topological polar surface area (TPSA) is 52.7 Å². The minimum Gasteiger partial charge on any atom is -0.366 e. The molecule has 2 aromatic rings. The Hall–Kier alpha value is -3.15. The zero-order valence-electron chi connectivity index (χ0n) is 19.3. The smallest absolute Gasteiger partial charge is 0.329 e. The molecular weight excluding hydrogens is 405 g/mol. The first-order valence-electron chi connectivity index (χ1n) is 11.1. The van der Waals surface area contributed by atoms with Crippen LogP contribution < -0.4 is 10.2 Å². The van der Waals surface area contributed by atoms with Crippen LogP contribution in [-0.4, -0.2) is 28.9 Å². The Balaban J connectivity index is 1.64. The monoisotopic (exact) mass is 435 g/mol. The SMILES string of the molecule is CCN1c2cc(F)c(/C=C3/NC(=O)N(Cc4ccc(C)cc4)C3=O)cc2C(C)CC1(C)C. The summed E-state index contributed by atoms with van der Waals surface area (Å²) >= 11 is 0. The molecule has 1 N–H and O–H groups in total. The third-order valence-electron chi connectivity index (χ3n) is 6.54. The van der Waals surface area contributed by atoms with Gasteiger partial charge in [0.15, 0.2) is 0 Å². The molecule has 2 aromatic carbocycles. The van der Waals surface area contributed by atoms with Gasteiger partial charge in [0.05, 0.1) is 6.54 Å². The number of hydrogen-bond acceptors (Lipinski definition) is 3. The van der Waals surface area contributed by atoms with Gasteiger partial charge in [0, 0.05) is 23.3 Å². The average Bonchev–Trinajstić information content (AvgIpc) is 2.98. The van der Waals surface area contributed by atoms with Crippen molar-refractivity contribution >= 4 is 23.7 Å². The number of imide groups is 1. The van der Waals surface area contributed by atoms with Crippen molar-refractivity contribution in [3.05, 3.63) is 70.2 Å². The van der Waals surface area contributed by atoms with E-state index in [9.17, 15) is 9.59 Å². The van der Waals surface area contributed by atoms with Gasteiger partial charge in [-0.25, -0.2) is 9.18 Å². The summed E-state index contributed by atoms with van der Waals surface area (Å²) < 4.78 is 15.1. The molecule has 2 aliphatic heterocycles. The van der Waals surface area contributed by atoms with E-state index in [2.05, 4.69) is 37.9 Å². The fourth-order valence-corrected chi connectivity index (χ4v) is 4.98. The van der Waals surface area contributed by atoms with E-state index in [0.29, 0.717) is 5.56 Å². The lowest BCUT2D eigenvalue weighted by Gasteiger charge is -2.47. The highest BCUT2D eigenvalue weighted by atomic mass is 19.1. The number of halogens is 1. The molecule has 0 saturated carbocycles. The number of carbonyl (C=O) groups is 2. The highest BCUT2D eigenvalue weighted by molar-refractivity contribution is 6.13. The molecule has 0 spiro atoms. The lowest BCUT2D eigenvalue weighted by Crippen LogP contribution is -2.48. The van der Waals surface area contributed by atoms with E-state index in [4.69, 9.17) is 0 Å². The lowest BCUT2D eigenvalue weighted by molar-refractivity contribution is -0.123. The van der Waals surface area contributed by atoms with E-state index in [1.54, 1.807) is 6.07 Å². The minimum absolute atomic E-state index is 0.0561. The maximum Gasteiger partial charge on any atom is 0.329 e. The summed E-state index contributed by atoms with van der Waals surface area (Å²) in [6, 6.07) is 10.6. The average molecular weight is 436 g/mol. The second kappa shape index (κ2) is 8.08. The maximum absolute atomic E-state index is 15.1. The summed E-state index contributed by atoms with van der Waals surface area (Å²) in [6.07, 6.45) is 2.41. The molecule has 0 aliphatic carbocycles. The van der Waals surface area contributed by atoms with Crippen LogP contribution in [0.3, 0.4) is 0 Å². The zero-order valence-corrected chi connectivity index (χ0v) is 19.3. The second-order valence-corrected chi connectivity index (χ2v) is 9.46. The molecule has 1 saturated heterocycles. The Bertz CT molecular complexity index is 1100. The summed E-state index contributed by atoms with van der Waals surface area (Å²) in [5.74, 6) is -0.594. The van der Waals surface area contributed by atoms with Gasteiger partial charge in [0.25, 0.3) is 5.91 Å². The van der Waals surface area contributed by atoms with Gasteiger partial charge in [0.1, 0.15) is 11.5 Å². The number of rotatable bonds is 4. The second-order valence-electron chi connectivity index (χ2n) is 9.46. The van der Waals surface area contributed by atoms with Gasteiger partial charge in [0.2, 0.25) is 0 Å². The molecule has 1 unspecified atom stereocenters. The Morgan fingerprint density at radius 1 is 1.19 bits per heavy atom. The Morgan fingerprint density at radius 3 is 2.53 bits per heavy atom. The van der Waals surface area contributed by atoms with Crippen LogP contribution in [0.25, 0.3) is 6.08 Å². The first kappa shape index (κ1) is 22.1. The molecule has 3 amide bonds. The molecule has 4 rings (SSSR count). The molecule has 168 valence electrons. The Kier molecular flexibility index (Phi) is 5.57. The predicted molar refractivity (Wildman–Crippen MR) is 125 cm³/mol. The number of amides is 3. The van der Waals surface area contributed by atoms with Crippen LogP contribution in [0.5, 0.6) is 0 Å². The first-order chi connectivity index (χ1) is 15.1. The van der Waals surface area contributed by atoms with Gasteiger partial charge in [-0.15, -0.1) is 0 Å². The van der Waals surface area contributed by atoms with Crippen LogP contribution in [0.2, 0.25) is 0 Å². The first-order valence-corrected chi connectivity index (χ1v) is 11.1. The highest BCUT2D eigenvalue weighted by Gasteiger charge is 2.37. The van der Waals surface area contributed by atoms with Gasteiger partial charge >= 0.3 is 6.03 Å². The van der Waals surface area contributed by atoms with Gasteiger partial charge < -0.3 is 10.2 Å². The van der Waals surface area contributed by atoms with Crippen molar-refractivity contribution in [2.45, 2.75) is 59.0 Å². The molecule has 2 aliphatic rings. The molecule has 0 radical (unpaired) electrons. The molecule has 1 atom stereocenters. The number of fused-ring (bicyclic) bond motifs is 1. The lowest BCUT2D eigenvalue weighted by atomic mass is 9.79. The van der Waals surface area contributed by atoms with Gasteiger partial charge in [-0.2, -0.15) is 0 Å². The summed E-state index contributed by atoms with van der Waals surface area (Å²) in [7, 11) is 0. The van der Waals surface area contributed by atoms with Crippen molar-refractivity contribution in [1.82, 2.24) is 10.2 Å². The minimum atomic E-state index is -0.493. The van der Waals surface area contributed by atoms with E-state index in [0.717, 1.165) is 40.2 Å². The number of anilines is 1. The summed E-state index contributed by atoms with van der Waals surface area (Å²) in [5, 5.41) is 2.61. The van der Waals surface area contributed by atoms with E-state index in [1.807, 2.05) is 37.3 Å². The summed E-state index contributed by atoms with van der Waals surface area (Å²) in [4.78, 5) is 28.7. The number of carbonyl (C=O) groups excluding carboxylic acids is 2. The van der Waals surface area contributed by atoms with E-state index in [-0.39, 0.29) is 23.7 Å². The predicted octanol–water partition coefficient (Wildman–Crippen LogP) is 5.34. The molecule has 1 fully saturated rings. The van der Waals surface area contributed by atoms with E-state index < -0.39 is 17.8 Å². The number of benzene rings is 2. The summed E-state index contributed by atoms with van der Waals surface area (Å²) in [5.41, 5.74) is 4.28. The molecule has 5 nitrogen and oxygen atoms in total. The van der Waals surface area contributed by atoms with Crippen LogP contribution in [0.15, 0.2) is 42.1 Å². The Morgan fingerprint density at radius 2 is 1.88 bits per heavy atom. The van der Waals surface area contributed by atoms with Crippen molar-refractivity contribution in [1.29, 1.82) is 0 Å². The molecule has 2 heterocycles. The molecule has 32 heavy (non-hydrogen) atoms. The largest absolute Gasteiger partial charge is 0.366 e. The number of nitrogens with one attached hydrogen (secondary N) is 1. The van der Waals surface area contributed by atoms with Crippen LogP contribution in [0, 0.1) is 12.7 Å². The van der Waals surface area contributed by atoms with Crippen molar-refractivity contribution in [2.75, 3.05) is 11.4 Å². The number of aryl methyl sites for hydroxylation is 1. The number of hydrogen-bond donors (Lipinski definition) is 1. The van der Waals surface area contributed by atoms with Crippen molar-refractivity contribution < 1.29 is 14.0 Å². The van der Waals surface area contributed by atoms with E-state index in [1.165, 1.54) is 6.08 Å². The third-order valence-corrected chi connectivity index (χ3v) is 6.54. The van der Waals surface area contributed by atoms with E-state index >= 15 is 4.39 Å². The third kappa shape index (κ3) is 3.90. The van der Waals surface area contributed by atoms with Crippen LogP contribution in [0.1, 0.15) is 62.3 Å². The summed E-state index contributed by atoms with van der Waals surface area (Å²) in [6.45, 7) is 11.5. The standard InChI is InChI=1S/C26H30FN3O2/c1-6-30-23-13-21(27)19(11-20(23)17(3)14-26(30,4)5)12-22-24(31)29(25(32)28-22)15-18-9-7-16(2)8-10-18/h7-13,17H,6,14-15H2,1-5H3,(H,28,32)/b22-12+. The van der Waals surface area contributed by atoms with Crippen LogP contribution in [-0.2, 0) is 11.3 Å². The quantitative estimate of drug-likeness (QED) is 0.521. The van der Waals surface area contributed by atoms with Crippen molar-refractivity contribution in [2.24, 2.45) is 0 Å². The zero-order chi connectivity index (χ0) is 23.2.